The fourth-order valence-electron chi connectivity index (χ4n) is 2.33. The Morgan fingerprint density at radius 1 is 1.28 bits per heavy atom. The number of rotatable bonds is 3. The predicted molar refractivity (Wildman–Crippen MR) is 96.4 cm³/mol. The Balaban J connectivity index is 2.40. The zero-order valence-electron chi connectivity index (χ0n) is 14.5. The Hall–Kier alpha value is -2.58. The van der Waals surface area contributed by atoms with Crippen LogP contribution in [0.5, 0.6) is 0 Å². The molecule has 0 aliphatic rings. The average Bonchev–Trinajstić information content (AvgIpc) is 2.52. The monoisotopic (exact) mass is 358 g/mol. The van der Waals surface area contributed by atoms with E-state index >= 15 is 0 Å². The van der Waals surface area contributed by atoms with Crippen LogP contribution in [0.4, 0.5) is 0 Å². The van der Waals surface area contributed by atoms with E-state index in [1.807, 2.05) is 0 Å². The summed E-state index contributed by atoms with van der Waals surface area (Å²) in [5, 5.41) is 9.70. The molecule has 25 heavy (non-hydrogen) atoms. The van der Waals surface area contributed by atoms with Gasteiger partial charge >= 0.3 is 5.97 Å². The summed E-state index contributed by atoms with van der Waals surface area (Å²) in [4.78, 5) is 24.6. The minimum atomic E-state index is -0.754. The quantitative estimate of drug-likeness (QED) is 0.779. The average molecular weight is 359 g/mol. The lowest BCUT2D eigenvalue weighted by Crippen LogP contribution is -2.33. The molecule has 0 aliphatic heterocycles. The Morgan fingerprint density at radius 2 is 1.96 bits per heavy atom. The molecule has 0 fully saturated rings. The summed E-state index contributed by atoms with van der Waals surface area (Å²) in [7, 11) is 0. The van der Waals surface area contributed by atoms with Gasteiger partial charge in [-0.2, -0.15) is 5.26 Å². The second kappa shape index (κ2) is 7.12. The van der Waals surface area contributed by atoms with E-state index < -0.39 is 17.6 Å². The van der Waals surface area contributed by atoms with Gasteiger partial charge in [-0.3, -0.25) is 4.79 Å². The summed E-state index contributed by atoms with van der Waals surface area (Å²) < 4.78 is 6.62. The zero-order valence-corrected chi connectivity index (χ0v) is 15.3. The van der Waals surface area contributed by atoms with Crippen LogP contribution in [-0.2, 0) is 9.53 Å². The number of carbonyl (C=O) groups is 1. The van der Waals surface area contributed by atoms with Crippen molar-refractivity contribution in [1.29, 1.82) is 5.26 Å². The highest BCUT2D eigenvalue weighted by Crippen LogP contribution is 2.26. The molecule has 0 unspecified atom stereocenters. The fraction of sp³-hybridized carbons (Fsp3) is 0.316. The molecular weight excluding hydrogens is 340 g/mol. The molecule has 0 N–H and O–H groups in total. The van der Waals surface area contributed by atoms with Gasteiger partial charge in [0.25, 0.3) is 5.56 Å². The topological polar surface area (TPSA) is 72.1 Å². The van der Waals surface area contributed by atoms with Gasteiger partial charge in [-0.05, 0) is 57.5 Å². The molecule has 0 saturated heterocycles. The lowest BCUT2D eigenvalue weighted by atomic mass is 10.0. The Bertz CT molecular complexity index is 904. The number of ether oxygens (including phenoxy) is 1. The first-order valence-electron chi connectivity index (χ1n) is 7.77. The Labute approximate surface area is 151 Å². The van der Waals surface area contributed by atoms with Crippen LogP contribution in [0.25, 0.3) is 11.1 Å². The van der Waals surface area contributed by atoms with E-state index in [1.54, 1.807) is 52.0 Å². The third-order valence-electron chi connectivity index (χ3n) is 3.53. The van der Waals surface area contributed by atoms with Crippen LogP contribution in [-0.4, -0.2) is 16.1 Å². The van der Waals surface area contributed by atoms with Gasteiger partial charge in [-0.25, -0.2) is 4.79 Å². The third kappa shape index (κ3) is 4.49. The number of carbonyl (C=O) groups excluding carboxylic acids is 1. The number of halogens is 1. The van der Waals surface area contributed by atoms with Crippen molar-refractivity contribution >= 4 is 17.6 Å². The minimum Gasteiger partial charge on any atom is -0.458 e. The highest BCUT2D eigenvalue weighted by molar-refractivity contribution is 6.30. The number of pyridine rings is 1. The predicted octanol–water partition coefficient (Wildman–Crippen LogP) is 3.94. The summed E-state index contributed by atoms with van der Waals surface area (Å²) in [5.41, 5.74) is 0.569. The maximum Gasteiger partial charge on any atom is 0.329 e. The first-order valence-corrected chi connectivity index (χ1v) is 8.15. The molecule has 130 valence electrons. The fourth-order valence-corrected chi connectivity index (χ4v) is 2.50. The highest BCUT2D eigenvalue weighted by atomic mass is 35.5. The first-order chi connectivity index (χ1) is 11.6. The third-order valence-corrected chi connectivity index (χ3v) is 3.76. The first kappa shape index (κ1) is 18.8. The van der Waals surface area contributed by atoms with Gasteiger partial charge in [0, 0.05) is 22.8 Å². The van der Waals surface area contributed by atoms with Crippen LogP contribution in [0.3, 0.4) is 0 Å². The number of hydrogen-bond acceptors (Lipinski definition) is 4. The van der Waals surface area contributed by atoms with Crippen molar-refractivity contribution in [3.8, 4) is 17.2 Å². The molecule has 2 aromatic rings. The van der Waals surface area contributed by atoms with Crippen LogP contribution in [0, 0.1) is 11.3 Å². The number of aromatic nitrogens is 1. The van der Waals surface area contributed by atoms with Crippen molar-refractivity contribution in [3.63, 3.8) is 0 Å². The van der Waals surface area contributed by atoms with Gasteiger partial charge in [0.15, 0.2) is 0 Å². The molecule has 0 amide bonds. The molecule has 1 aromatic heterocycles. The Morgan fingerprint density at radius 3 is 2.52 bits per heavy atom. The van der Waals surface area contributed by atoms with E-state index in [2.05, 4.69) is 6.07 Å². The SMILES string of the molecule is C[C@H](C(=O)OC(C)(C)C)n1ccc(-c2cc(Cl)ccc2C#N)cc1=O. The van der Waals surface area contributed by atoms with Gasteiger partial charge in [-0.15, -0.1) is 0 Å². The van der Waals surface area contributed by atoms with Gasteiger partial charge in [0.05, 0.1) is 11.6 Å². The van der Waals surface area contributed by atoms with E-state index in [-0.39, 0.29) is 5.56 Å². The molecule has 5 nitrogen and oxygen atoms in total. The largest absolute Gasteiger partial charge is 0.458 e. The molecule has 1 heterocycles. The molecule has 1 aromatic carbocycles. The van der Waals surface area contributed by atoms with Crippen LogP contribution in [0.1, 0.15) is 39.3 Å². The molecule has 0 radical (unpaired) electrons. The number of esters is 1. The van der Waals surface area contributed by atoms with Gasteiger partial charge in [-0.1, -0.05) is 11.6 Å². The van der Waals surface area contributed by atoms with Crippen LogP contribution in [0.15, 0.2) is 41.3 Å². The minimum absolute atomic E-state index is 0.361. The van der Waals surface area contributed by atoms with Crippen molar-refractivity contribution in [1.82, 2.24) is 4.57 Å². The summed E-state index contributed by atoms with van der Waals surface area (Å²) in [5.74, 6) is -0.484. The molecule has 2 rings (SSSR count). The van der Waals surface area contributed by atoms with E-state index in [9.17, 15) is 14.9 Å². The smallest absolute Gasteiger partial charge is 0.329 e. The van der Waals surface area contributed by atoms with Gasteiger partial charge in [0.2, 0.25) is 0 Å². The maximum atomic E-state index is 12.4. The summed E-state index contributed by atoms with van der Waals surface area (Å²) in [6.07, 6.45) is 1.52. The number of hydrogen-bond donors (Lipinski definition) is 0. The van der Waals surface area contributed by atoms with Crippen molar-refractivity contribution in [2.24, 2.45) is 0 Å². The molecule has 0 saturated carbocycles. The normalized spacial score (nSPS) is 12.3. The number of nitrogens with zero attached hydrogens (tertiary/aromatic N) is 2. The summed E-state index contributed by atoms with van der Waals surface area (Å²) >= 11 is 5.99. The number of benzene rings is 1. The highest BCUT2D eigenvalue weighted by Gasteiger charge is 2.23. The standard InChI is InChI=1S/C19H19ClN2O3/c1-12(18(24)25-19(2,3)4)22-8-7-13(9-17(22)23)16-10-15(20)6-5-14(16)11-21/h5-10,12H,1-4H3/t12-/m1/s1. The molecule has 6 heteroatoms. The summed E-state index contributed by atoms with van der Waals surface area (Å²) in [6, 6.07) is 9.24. The van der Waals surface area contributed by atoms with Crippen LogP contribution >= 0.6 is 11.6 Å². The lowest BCUT2D eigenvalue weighted by Gasteiger charge is -2.23. The van der Waals surface area contributed by atoms with E-state index in [4.69, 9.17) is 16.3 Å². The molecule has 0 spiro atoms. The maximum absolute atomic E-state index is 12.4. The van der Waals surface area contributed by atoms with Crippen molar-refractivity contribution in [2.75, 3.05) is 0 Å². The molecular formula is C19H19ClN2O3. The van der Waals surface area contributed by atoms with Gasteiger partial charge < -0.3 is 9.30 Å². The van der Waals surface area contributed by atoms with Crippen molar-refractivity contribution < 1.29 is 9.53 Å². The Kier molecular flexibility index (Phi) is 5.34. The molecule has 0 aliphatic carbocycles. The van der Waals surface area contributed by atoms with Gasteiger partial charge in [0.1, 0.15) is 11.6 Å². The zero-order chi connectivity index (χ0) is 18.8. The molecule has 1 atom stereocenters. The molecule has 0 bridgehead atoms. The van der Waals surface area contributed by atoms with E-state index in [1.165, 1.54) is 16.8 Å². The van der Waals surface area contributed by atoms with Crippen LogP contribution < -0.4 is 5.56 Å². The summed E-state index contributed by atoms with van der Waals surface area (Å²) in [6.45, 7) is 6.92. The second-order valence-electron chi connectivity index (χ2n) is 6.67. The second-order valence-corrected chi connectivity index (χ2v) is 7.11. The van der Waals surface area contributed by atoms with E-state index in [0.29, 0.717) is 21.7 Å². The lowest BCUT2D eigenvalue weighted by molar-refractivity contribution is -0.158. The van der Waals surface area contributed by atoms with Crippen molar-refractivity contribution in [3.05, 3.63) is 57.5 Å². The van der Waals surface area contributed by atoms with E-state index in [0.717, 1.165) is 0 Å². The number of nitriles is 1. The van der Waals surface area contributed by atoms with Crippen molar-refractivity contribution in [2.45, 2.75) is 39.3 Å². The van der Waals surface area contributed by atoms with Crippen LogP contribution in [0.2, 0.25) is 5.02 Å².